The summed E-state index contributed by atoms with van der Waals surface area (Å²) in [5.41, 5.74) is 0.708. The molecule has 4 aromatic carbocycles. The Hall–Kier alpha value is -5.54. The van der Waals surface area contributed by atoms with E-state index in [1.54, 1.807) is 4.80 Å². The van der Waals surface area contributed by atoms with Crippen molar-refractivity contribution in [2.45, 2.75) is 90.8 Å². The molecule has 62 heavy (non-hydrogen) atoms. The molecular weight excluding hydrogens is 805 g/mol. The number of ketones is 1. The highest BCUT2D eigenvalue weighted by molar-refractivity contribution is 7.00. The fourth-order valence-corrected chi connectivity index (χ4v) is 18.3. The maximum Gasteiger partial charge on any atom is 0.261 e. The Morgan fingerprint density at radius 1 is 0.661 bits per heavy atom. The number of hydrogen-bond acceptors (Lipinski definition) is 8. The molecule has 7 rings (SSSR count). The monoisotopic (exact) mass is 864 g/mol. The van der Waals surface area contributed by atoms with E-state index in [-0.39, 0.29) is 28.9 Å². The minimum Gasteiger partial charge on any atom is -0.490 e. The van der Waals surface area contributed by atoms with Crippen LogP contribution in [0.4, 0.5) is 0 Å². The summed E-state index contributed by atoms with van der Waals surface area (Å²) in [6, 6.07) is 46.0. The van der Waals surface area contributed by atoms with Crippen molar-refractivity contribution in [3.8, 4) is 5.75 Å². The Balaban J connectivity index is 1.27. The van der Waals surface area contributed by atoms with E-state index in [0.717, 1.165) is 10.4 Å². The van der Waals surface area contributed by atoms with Crippen molar-refractivity contribution in [3.63, 3.8) is 0 Å². The highest BCUT2D eigenvalue weighted by Gasteiger charge is 2.52. The van der Waals surface area contributed by atoms with E-state index < -0.39 is 22.0 Å². The van der Waals surface area contributed by atoms with Gasteiger partial charge in [0.2, 0.25) is 0 Å². The summed E-state index contributed by atoms with van der Waals surface area (Å²) in [7, 11) is -5.85. The highest BCUT2D eigenvalue weighted by atomic mass is 28.4. The highest BCUT2D eigenvalue weighted by Crippen LogP contribution is 2.40. The zero-order chi connectivity index (χ0) is 44.2. The zero-order valence-corrected chi connectivity index (χ0v) is 39.6. The summed E-state index contributed by atoms with van der Waals surface area (Å²) in [5, 5.41) is 18.6. The molecule has 3 heterocycles. The molecular formula is C50H60N6O4Si2. The lowest BCUT2D eigenvalue weighted by molar-refractivity contribution is 0.0912. The van der Waals surface area contributed by atoms with Crippen LogP contribution in [0.25, 0.3) is 5.65 Å². The van der Waals surface area contributed by atoms with Crippen LogP contribution in [0.5, 0.6) is 5.75 Å². The van der Waals surface area contributed by atoms with Crippen LogP contribution >= 0.6 is 0 Å². The van der Waals surface area contributed by atoms with Gasteiger partial charge in [-0.05, 0) is 68.9 Å². The second-order valence-corrected chi connectivity index (χ2v) is 27.0. The molecule has 0 bridgehead atoms. The third-order valence-corrected chi connectivity index (χ3v) is 22.0. The van der Waals surface area contributed by atoms with Gasteiger partial charge in [-0.2, -0.15) is 4.80 Å². The minimum atomic E-state index is -3.04. The van der Waals surface area contributed by atoms with Gasteiger partial charge in [0.15, 0.2) is 23.0 Å². The first-order valence-corrected chi connectivity index (χ1v) is 25.4. The number of hydrogen-bond donors (Lipinski definition) is 0. The first kappa shape index (κ1) is 44.5. The van der Waals surface area contributed by atoms with Gasteiger partial charge in [0.25, 0.3) is 16.6 Å². The van der Waals surface area contributed by atoms with Gasteiger partial charge in [-0.3, -0.25) is 9.20 Å². The molecule has 0 saturated carbocycles. The average molecular weight is 865 g/mol. The van der Waals surface area contributed by atoms with Gasteiger partial charge in [0, 0.05) is 19.2 Å². The number of tetrazole rings is 1. The van der Waals surface area contributed by atoms with Crippen molar-refractivity contribution in [2.75, 3.05) is 19.8 Å². The van der Waals surface area contributed by atoms with E-state index in [1.807, 2.05) is 67.8 Å². The van der Waals surface area contributed by atoms with Crippen LogP contribution in [0.15, 0.2) is 140 Å². The van der Waals surface area contributed by atoms with Crippen molar-refractivity contribution in [2.24, 2.45) is 0 Å². The number of carbonyl (C=O) groups excluding carboxylic acids is 1. The van der Waals surface area contributed by atoms with Crippen LogP contribution in [-0.2, 0) is 20.8 Å². The van der Waals surface area contributed by atoms with Gasteiger partial charge < -0.3 is 13.6 Å². The molecule has 0 amide bonds. The molecule has 7 aromatic rings. The molecule has 1 atom stereocenters. The number of fused-ring (bicyclic) bond motifs is 1. The lowest BCUT2D eigenvalue weighted by Crippen LogP contribution is -2.67. The van der Waals surface area contributed by atoms with Gasteiger partial charge in [-0.25, -0.2) is 4.98 Å². The van der Waals surface area contributed by atoms with Crippen molar-refractivity contribution in [1.29, 1.82) is 0 Å². The van der Waals surface area contributed by atoms with Gasteiger partial charge in [-0.15, -0.1) is 10.2 Å². The summed E-state index contributed by atoms with van der Waals surface area (Å²) in [6.45, 7) is 20.7. The van der Waals surface area contributed by atoms with Gasteiger partial charge in [-0.1, -0.05) is 163 Å². The molecule has 0 fully saturated rings. The summed E-state index contributed by atoms with van der Waals surface area (Å²) in [6.07, 6.45) is 1.91. The number of carbonyl (C=O) groups is 1. The number of ether oxygens (including phenoxy) is 1. The Morgan fingerprint density at radius 2 is 1.15 bits per heavy atom. The third-order valence-electron chi connectivity index (χ3n) is 11.9. The van der Waals surface area contributed by atoms with E-state index in [9.17, 15) is 4.79 Å². The quantitative estimate of drug-likeness (QED) is 0.0678. The standard InChI is InChI=1S/C50H60N6O4Si2/c1-10-58-44-32-23-33-55-45(38(2)51-46(44)55)43(57)36-50(9,37-60-62(49(6,7)8,41-28-19-13-20-29-41)42-30-21-14-22-31-42)47-52-54-56(53-47)34-35-59-61(48(3,4)5,39-24-15-11-16-25-39)40-26-17-12-18-27-40/h11-33H,10,34-37H2,1-9H3. The van der Waals surface area contributed by atoms with Crippen molar-refractivity contribution in [1.82, 2.24) is 29.6 Å². The lowest BCUT2D eigenvalue weighted by atomic mass is 9.84. The molecule has 0 N–H and O–H groups in total. The summed E-state index contributed by atoms with van der Waals surface area (Å²) in [5.74, 6) is 0.944. The predicted octanol–water partition coefficient (Wildman–Crippen LogP) is 7.71. The SMILES string of the molecule is CCOc1cccn2c(C(=O)CC(C)(CO[Si](c3ccccc3)(c3ccccc3)C(C)(C)C)c3nnn(CCO[Si](c4ccccc4)(c4ccccc4)C(C)(C)C)n3)c(C)nc12. The summed E-state index contributed by atoms with van der Waals surface area (Å²) < 4.78 is 22.5. The van der Waals surface area contributed by atoms with Crippen LogP contribution in [0.2, 0.25) is 10.1 Å². The predicted molar refractivity (Wildman–Crippen MR) is 252 cm³/mol. The first-order chi connectivity index (χ1) is 29.6. The van der Waals surface area contributed by atoms with Gasteiger partial charge in [0.05, 0.1) is 30.9 Å². The number of rotatable bonds is 17. The molecule has 3 aromatic heterocycles. The van der Waals surface area contributed by atoms with Gasteiger partial charge >= 0.3 is 0 Å². The van der Waals surface area contributed by atoms with Crippen molar-refractivity contribution in [3.05, 3.63) is 157 Å². The second-order valence-electron chi connectivity index (χ2n) is 18.4. The second kappa shape index (κ2) is 18.1. The molecule has 10 nitrogen and oxygen atoms in total. The molecule has 0 aliphatic heterocycles. The largest absolute Gasteiger partial charge is 0.490 e. The Labute approximate surface area is 368 Å². The molecule has 12 heteroatoms. The van der Waals surface area contributed by atoms with E-state index in [4.69, 9.17) is 28.8 Å². The molecule has 322 valence electrons. The topological polar surface area (TPSA) is 106 Å². The third kappa shape index (κ3) is 8.48. The number of Topliss-reactive ketones (excluding diaryl/α,β-unsaturated/α-hetero) is 1. The fourth-order valence-electron chi connectivity index (χ4n) is 9.04. The van der Waals surface area contributed by atoms with Crippen molar-refractivity contribution < 1.29 is 18.4 Å². The Kier molecular flexibility index (Phi) is 13.0. The Morgan fingerprint density at radius 3 is 1.61 bits per heavy atom. The number of imidazole rings is 1. The van der Waals surface area contributed by atoms with Crippen LogP contribution in [0.3, 0.4) is 0 Å². The Bertz CT molecular complexity index is 2490. The van der Waals surface area contributed by atoms with Crippen LogP contribution in [0, 0.1) is 6.92 Å². The van der Waals surface area contributed by atoms with E-state index in [2.05, 4.69) is 144 Å². The van der Waals surface area contributed by atoms with E-state index in [1.165, 1.54) is 10.4 Å². The summed E-state index contributed by atoms with van der Waals surface area (Å²) >= 11 is 0. The maximum absolute atomic E-state index is 14.9. The number of aryl methyl sites for hydroxylation is 1. The number of benzene rings is 4. The van der Waals surface area contributed by atoms with Crippen molar-refractivity contribution >= 4 is 48.8 Å². The molecule has 0 spiro atoms. The van der Waals surface area contributed by atoms with Crippen LogP contribution in [0.1, 0.15) is 83.8 Å². The molecule has 0 aliphatic rings. The van der Waals surface area contributed by atoms with E-state index >= 15 is 0 Å². The normalized spacial score (nSPS) is 13.6. The van der Waals surface area contributed by atoms with E-state index in [0.29, 0.717) is 48.4 Å². The fraction of sp³-hybridized carbons (Fsp3) is 0.340. The molecule has 0 aliphatic carbocycles. The smallest absolute Gasteiger partial charge is 0.261 e. The first-order valence-electron chi connectivity index (χ1n) is 21.6. The lowest BCUT2D eigenvalue weighted by Gasteiger charge is -2.44. The molecule has 1 unspecified atom stereocenters. The summed E-state index contributed by atoms with van der Waals surface area (Å²) in [4.78, 5) is 21.3. The number of nitrogens with zero attached hydrogens (tertiary/aromatic N) is 6. The molecule has 0 saturated heterocycles. The zero-order valence-electron chi connectivity index (χ0n) is 37.6. The maximum atomic E-state index is 14.9. The van der Waals surface area contributed by atoms with Crippen LogP contribution < -0.4 is 25.5 Å². The van der Waals surface area contributed by atoms with Crippen LogP contribution in [-0.4, -0.2) is 71.8 Å². The minimum absolute atomic E-state index is 0.0446. The van der Waals surface area contributed by atoms with Gasteiger partial charge in [0.1, 0.15) is 5.69 Å². The number of aromatic nitrogens is 6. The number of pyridine rings is 1. The average Bonchev–Trinajstić information content (AvgIpc) is 3.88. The molecule has 0 radical (unpaired) electrons.